The molecule has 0 saturated heterocycles. The van der Waals surface area contributed by atoms with E-state index in [9.17, 15) is 13.2 Å². The van der Waals surface area contributed by atoms with Crippen LogP contribution in [-0.4, -0.2) is 24.5 Å². The van der Waals surface area contributed by atoms with Gasteiger partial charge in [0.25, 0.3) is 0 Å². The predicted molar refractivity (Wildman–Crippen MR) is 71.1 cm³/mol. The molecule has 1 aromatic heterocycles. The van der Waals surface area contributed by atoms with Gasteiger partial charge in [-0.1, -0.05) is 18.2 Å². The summed E-state index contributed by atoms with van der Waals surface area (Å²) in [4.78, 5) is 14.7. The minimum Gasteiger partial charge on any atom is -0.476 e. The van der Waals surface area contributed by atoms with Crippen LogP contribution >= 0.6 is 11.3 Å². The number of hydrogen-bond donors (Lipinski definition) is 1. The van der Waals surface area contributed by atoms with E-state index in [-0.39, 0.29) is 21.3 Å². The summed E-state index contributed by atoms with van der Waals surface area (Å²) in [6, 6.07) is 6.68. The number of nitrogens with zero attached hydrogens (tertiary/aromatic N) is 1. The van der Waals surface area contributed by atoms with Gasteiger partial charge in [0.1, 0.15) is 0 Å². The maximum absolute atomic E-state index is 12.2. The Morgan fingerprint density at radius 1 is 1.37 bits per heavy atom. The molecule has 2 rings (SSSR count). The molecule has 0 aliphatic carbocycles. The van der Waals surface area contributed by atoms with Crippen LogP contribution in [0.5, 0.6) is 0 Å². The molecule has 5 nitrogen and oxygen atoms in total. The molecule has 1 N–H and O–H groups in total. The second-order valence-electron chi connectivity index (χ2n) is 3.97. The Hall–Kier alpha value is -1.73. The predicted octanol–water partition coefficient (Wildman–Crippen LogP) is 2.12. The Morgan fingerprint density at radius 3 is 2.63 bits per heavy atom. The van der Waals surface area contributed by atoms with Crippen LogP contribution in [0, 0.1) is 6.92 Å². The van der Waals surface area contributed by atoms with Crippen LogP contribution in [0.15, 0.2) is 34.5 Å². The maximum Gasteiger partial charge on any atom is 0.365 e. The van der Waals surface area contributed by atoms with Crippen molar-refractivity contribution in [3.8, 4) is 0 Å². The lowest BCUT2D eigenvalue weighted by atomic mass is 10.2. The Balaban J connectivity index is 2.31. The lowest BCUT2D eigenvalue weighted by Gasteiger charge is -2.05. The molecule has 0 aliphatic rings. The molecular weight excluding hydrogens is 286 g/mol. The lowest BCUT2D eigenvalue weighted by Crippen LogP contribution is -2.07. The number of benzene rings is 1. The van der Waals surface area contributed by atoms with Crippen LogP contribution in [0.3, 0.4) is 0 Å². The monoisotopic (exact) mass is 297 g/mol. The average Bonchev–Trinajstić information content (AvgIpc) is 2.77. The first-order valence-corrected chi connectivity index (χ1v) is 7.89. The van der Waals surface area contributed by atoms with E-state index < -0.39 is 15.8 Å². The van der Waals surface area contributed by atoms with Crippen molar-refractivity contribution in [3.63, 3.8) is 0 Å². The average molecular weight is 297 g/mol. The highest BCUT2D eigenvalue weighted by atomic mass is 32.2. The Kier molecular flexibility index (Phi) is 3.68. The first kappa shape index (κ1) is 13.7. The number of carbonyl (C=O) groups is 1. The van der Waals surface area contributed by atoms with Crippen molar-refractivity contribution in [3.05, 3.63) is 45.9 Å². The van der Waals surface area contributed by atoms with Crippen molar-refractivity contribution in [1.82, 2.24) is 4.98 Å². The molecule has 0 aliphatic heterocycles. The SMILES string of the molecule is Cc1ccccc1S(=O)(=O)Cc1csc(C(=O)O)n1. The van der Waals surface area contributed by atoms with E-state index in [2.05, 4.69) is 4.98 Å². The zero-order valence-corrected chi connectivity index (χ0v) is 11.7. The molecule has 0 amide bonds. The standard InChI is InChI=1S/C12H11NO4S2/c1-8-4-2-3-5-10(8)19(16,17)7-9-6-18-11(13-9)12(14)15/h2-6H,7H2,1H3,(H,14,15). The van der Waals surface area contributed by atoms with Gasteiger partial charge in [0.2, 0.25) is 5.01 Å². The third-order valence-electron chi connectivity index (χ3n) is 2.50. The fourth-order valence-corrected chi connectivity index (χ4v) is 3.95. The molecule has 0 spiro atoms. The summed E-state index contributed by atoms with van der Waals surface area (Å²) in [6.45, 7) is 1.72. The van der Waals surface area contributed by atoms with E-state index in [1.807, 2.05) is 0 Å². The van der Waals surface area contributed by atoms with E-state index >= 15 is 0 Å². The van der Waals surface area contributed by atoms with Crippen molar-refractivity contribution in [1.29, 1.82) is 0 Å². The molecular formula is C12H11NO4S2. The van der Waals surface area contributed by atoms with E-state index in [1.165, 1.54) is 11.4 Å². The van der Waals surface area contributed by atoms with Crippen LogP contribution in [0.25, 0.3) is 0 Å². The number of aryl methyl sites for hydroxylation is 1. The summed E-state index contributed by atoms with van der Waals surface area (Å²) in [5, 5.41) is 10.1. The van der Waals surface area contributed by atoms with Crippen LogP contribution in [0.4, 0.5) is 0 Å². The number of sulfone groups is 1. The first-order chi connectivity index (χ1) is 8.90. The van der Waals surface area contributed by atoms with Gasteiger partial charge in [-0.15, -0.1) is 11.3 Å². The zero-order valence-electron chi connectivity index (χ0n) is 10.0. The van der Waals surface area contributed by atoms with Gasteiger partial charge in [-0.3, -0.25) is 0 Å². The van der Waals surface area contributed by atoms with Gasteiger partial charge in [-0.2, -0.15) is 0 Å². The van der Waals surface area contributed by atoms with Gasteiger partial charge >= 0.3 is 5.97 Å². The highest BCUT2D eigenvalue weighted by molar-refractivity contribution is 7.90. The molecule has 0 bridgehead atoms. The lowest BCUT2D eigenvalue weighted by molar-refractivity contribution is 0.0696. The van der Waals surface area contributed by atoms with E-state index in [0.717, 1.165) is 11.3 Å². The van der Waals surface area contributed by atoms with Gasteiger partial charge in [0.05, 0.1) is 16.3 Å². The number of rotatable bonds is 4. The number of hydrogen-bond acceptors (Lipinski definition) is 5. The second kappa shape index (κ2) is 5.10. The van der Waals surface area contributed by atoms with Crippen molar-refractivity contribution in [2.24, 2.45) is 0 Å². The Morgan fingerprint density at radius 2 is 2.05 bits per heavy atom. The van der Waals surface area contributed by atoms with Gasteiger partial charge in [-0.25, -0.2) is 18.2 Å². The summed E-state index contributed by atoms with van der Waals surface area (Å²) in [5.74, 6) is -1.44. The Bertz CT molecular complexity index is 719. The van der Waals surface area contributed by atoms with Gasteiger partial charge in [-0.05, 0) is 18.6 Å². The third kappa shape index (κ3) is 2.99. The summed E-state index contributed by atoms with van der Waals surface area (Å²) in [6.07, 6.45) is 0. The minimum atomic E-state index is -3.51. The van der Waals surface area contributed by atoms with Crippen LogP contribution in [-0.2, 0) is 15.6 Å². The van der Waals surface area contributed by atoms with Crippen molar-refractivity contribution in [2.75, 3.05) is 0 Å². The largest absolute Gasteiger partial charge is 0.476 e. The van der Waals surface area contributed by atoms with Crippen LogP contribution < -0.4 is 0 Å². The zero-order chi connectivity index (χ0) is 14.0. The third-order valence-corrected chi connectivity index (χ3v) is 5.18. The smallest absolute Gasteiger partial charge is 0.365 e. The fourth-order valence-electron chi connectivity index (χ4n) is 1.65. The van der Waals surface area contributed by atoms with Crippen LogP contribution in [0.1, 0.15) is 21.1 Å². The molecule has 100 valence electrons. The normalized spacial score (nSPS) is 11.4. The molecule has 1 aromatic carbocycles. The van der Waals surface area contributed by atoms with Crippen molar-refractivity contribution < 1.29 is 18.3 Å². The number of carboxylic acid groups (broad SMARTS) is 1. The summed E-state index contributed by atoms with van der Waals surface area (Å²) in [5.41, 5.74) is 0.918. The number of aromatic nitrogens is 1. The molecule has 0 atom stereocenters. The number of thiazole rings is 1. The highest BCUT2D eigenvalue weighted by Gasteiger charge is 2.20. The molecule has 19 heavy (non-hydrogen) atoms. The quantitative estimate of drug-likeness (QED) is 0.934. The highest BCUT2D eigenvalue weighted by Crippen LogP contribution is 2.20. The fraction of sp³-hybridized carbons (Fsp3) is 0.167. The second-order valence-corrected chi connectivity index (χ2v) is 6.79. The molecule has 0 radical (unpaired) electrons. The first-order valence-electron chi connectivity index (χ1n) is 5.36. The minimum absolute atomic E-state index is 0.102. The van der Waals surface area contributed by atoms with Gasteiger partial charge in [0.15, 0.2) is 9.84 Å². The van der Waals surface area contributed by atoms with E-state index in [4.69, 9.17) is 5.11 Å². The van der Waals surface area contributed by atoms with E-state index in [1.54, 1.807) is 25.1 Å². The summed E-state index contributed by atoms with van der Waals surface area (Å²) in [7, 11) is -3.51. The van der Waals surface area contributed by atoms with Crippen molar-refractivity contribution >= 4 is 27.1 Å². The topological polar surface area (TPSA) is 84.3 Å². The molecule has 1 heterocycles. The number of aromatic carboxylic acids is 1. The molecule has 0 saturated carbocycles. The number of carboxylic acids is 1. The maximum atomic E-state index is 12.2. The molecule has 2 aromatic rings. The molecule has 7 heteroatoms. The molecule has 0 unspecified atom stereocenters. The Labute approximate surface area is 114 Å². The van der Waals surface area contributed by atoms with E-state index in [0.29, 0.717) is 5.56 Å². The van der Waals surface area contributed by atoms with Gasteiger partial charge in [0, 0.05) is 5.38 Å². The van der Waals surface area contributed by atoms with Crippen molar-refractivity contribution in [2.45, 2.75) is 17.6 Å². The van der Waals surface area contributed by atoms with Gasteiger partial charge < -0.3 is 5.11 Å². The summed E-state index contributed by atoms with van der Waals surface area (Å²) < 4.78 is 24.4. The molecule has 0 fully saturated rings. The van der Waals surface area contributed by atoms with Crippen LogP contribution in [0.2, 0.25) is 0 Å². The summed E-state index contributed by atoms with van der Waals surface area (Å²) >= 11 is 0.923.